The normalized spacial score (nSPS) is 12.8. The molecule has 0 spiro atoms. The molecule has 0 fully saturated rings. The number of unbranched alkanes of at least 4 members (excludes halogenated alkanes) is 2. The third-order valence-electron chi connectivity index (χ3n) is 17.6. The molecule has 0 aliphatic rings. The summed E-state index contributed by atoms with van der Waals surface area (Å²) in [5.74, 6) is -8.51. The second-order valence-electron chi connectivity index (χ2n) is 29.3. The molecule has 30 nitrogen and oxygen atoms in total. The molecule has 0 aliphatic heterocycles. The number of hydrogen-bond donors (Lipinski definition) is 13. The lowest BCUT2D eigenvalue weighted by Crippen LogP contribution is -2.59. The van der Waals surface area contributed by atoms with Gasteiger partial charge in [0.05, 0.1) is 12.5 Å². The molecule has 0 bridgehead atoms. The average Bonchev–Trinajstić information content (AvgIpc) is 1.65. The quantitative estimate of drug-likeness (QED) is 0.0109. The third kappa shape index (κ3) is 32.4. The maximum Gasteiger partial charge on any atom is 0.408 e. The van der Waals surface area contributed by atoms with Crippen LogP contribution in [0.4, 0.5) is 9.59 Å². The van der Waals surface area contributed by atoms with Crippen molar-refractivity contribution < 1.29 is 86.4 Å². The van der Waals surface area contributed by atoms with E-state index >= 15 is 0 Å². The molecular weight excluding hydrogens is 1460 g/mol. The standard InChI is InChI=1S/C84H104N12O18/c1-83(2,3)113-72(101)49-68(80(108)92-65(75(85)103)46-54-26-11-7-12-27-54)93-77(105)64(91-79(107)67(48-59-50-88-62-35-20-19-34-61(59)62)94-81(109)112-52-56-28-13-8-14-29-56)37-22-24-45-87-70(99)39-25-38-69(98)86-44-23-21-36-63(90-78(106)66(95-82(110)114-84(4,5)6)47-55-40-42-60(97)43-41-55)76(104)89-51-73(102)111-53-71(100)96-74(57-30-15-9-16-31-57)58-32-17-10-18-33-58/h7-20,26-35,40-43,50,63-68,74,88,97H,21-25,36-39,44-49,51-53H2,1-6H3,(H2,85,103)(H,86,98)(H,87,99)(H,89,104)(H,90,106)(H,91,107)(H,92,108)(H,93,105)(H,94,109)(H,95,110)(H,96,100)/t63-,64-,65-,66-,67-,68-/m0/s1. The zero-order valence-electron chi connectivity index (χ0n) is 65.0. The molecule has 11 amide bonds. The van der Waals surface area contributed by atoms with Crippen LogP contribution < -0.4 is 58.9 Å². The van der Waals surface area contributed by atoms with E-state index in [1.165, 1.54) is 12.1 Å². The van der Waals surface area contributed by atoms with Gasteiger partial charge in [-0.3, -0.25) is 52.7 Å². The Balaban J connectivity index is 0.949. The number of esters is 2. The molecular formula is C84H104N12O18. The summed E-state index contributed by atoms with van der Waals surface area (Å²) in [7, 11) is 0. The van der Waals surface area contributed by atoms with E-state index in [4.69, 9.17) is 24.7 Å². The molecule has 0 saturated heterocycles. The van der Waals surface area contributed by atoms with Gasteiger partial charge in [0.25, 0.3) is 5.91 Å². The van der Waals surface area contributed by atoms with Gasteiger partial charge in [0.1, 0.15) is 66.4 Å². The van der Waals surface area contributed by atoms with Crippen LogP contribution >= 0.6 is 0 Å². The number of nitrogens with one attached hydrogen (secondary N) is 11. The van der Waals surface area contributed by atoms with E-state index in [1.54, 1.807) is 121 Å². The second kappa shape index (κ2) is 45.0. The van der Waals surface area contributed by atoms with Gasteiger partial charge in [0.2, 0.25) is 47.3 Å². The van der Waals surface area contributed by atoms with Crippen molar-refractivity contribution in [1.82, 2.24) is 58.2 Å². The number of alkyl carbamates (subject to hydrolysis) is 2. The van der Waals surface area contributed by atoms with Crippen molar-refractivity contribution in [3.05, 3.63) is 209 Å². The number of amides is 11. The fourth-order valence-electron chi connectivity index (χ4n) is 11.9. The Bertz CT molecular complexity index is 4310. The number of ether oxygens (including phenoxy) is 4. The van der Waals surface area contributed by atoms with Crippen molar-refractivity contribution in [3.8, 4) is 5.75 Å². The summed E-state index contributed by atoms with van der Waals surface area (Å²) in [6.45, 7) is 8.44. The Morgan fingerprint density at radius 2 is 0.886 bits per heavy atom. The SMILES string of the molecule is CC(C)(C)OC(=O)C[C@H](NC(=O)[C@H](CCCCNC(=O)CCCC(=O)NCCCC[C@H](NC(=O)[C@H](Cc1ccc(O)cc1)NC(=O)OC(C)(C)C)C(=O)NCC(=O)OCC(=O)NC(c1ccccc1)c1ccccc1)NC(=O)[C@H](Cc1c[nH]c2ccccc12)NC(=O)OCc1ccccc1)C(=O)N[C@@H](Cc1ccccc1)C(N)=O. The van der Waals surface area contributed by atoms with Crippen LogP contribution in [0, 0.1) is 0 Å². The molecule has 0 aliphatic carbocycles. The van der Waals surface area contributed by atoms with Crippen molar-refractivity contribution >= 4 is 88.2 Å². The minimum Gasteiger partial charge on any atom is -0.508 e. The van der Waals surface area contributed by atoms with Gasteiger partial charge in [-0.2, -0.15) is 0 Å². The number of carbonyl (C=O) groups is 13. The largest absolute Gasteiger partial charge is 0.508 e. The van der Waals surface area contributed by atoms with E-state index in [0.29, 0.717) is 22.3 Å². The molecule has 6 atom stereocenters. The van der Waals surface area contributed by atoms with Gasteiger partial charge in [-0.15, -0.1) is 0 Å². The molecule has 0 saturated carbocycles. The van der Waals surface area contributed by atoms with Crippen LogP contribution in [0.2, 0.25) is 0 Å². The maximum absolute atomic E-state index is 14.7. The fourth-order valence-corrected chi connectivity index (χ4v) is 11.9. The number of aromatic nitrogens is 1. The van der Waals surface area contributed by atoms with E-state index < -0.39 is 150 Å². The lowest BCUT2D eigenvalue weighted by molar-refractivity contribution is -0.156. The molecule has 114 heavy (non-hydrogen) atoms. The number of phenols is 1. The van der Waals surface area contributed by atoms with Gasteiger partial charge in [-0.25, -0.2) is 9.59 Å². The highest BCUT2D eigenvalue weighted by molar-refractivity contribution is 5.97. The number of primary amides is 1. The predicted octanol–water partition coefficient (Wildman–Crippen LogP) is 6.55. The number of fused-ring (bicyclic) bond motifs is 1. The molecule has 1 aromatic heterocycles. The van der Waals surface area contributed by atoms with Gasteiger partial charge in [-0.1, -0.05) is 152 Å². The number of para-hydroxylation sites is 1. The van der Waals surface area contributed by atoms with Crippen molar-refractivity contribution in [2.75, 3.05) is 26.2 Å². The first-order valence-electron chi connectivity index (χ1n) is 37.9. The van der Waals surface area contributed by atoms with Gasteiger partial charge in [-0.05, 0) is 138 Å². The first-order chi connectivity index (χ1) is 54.4. The summed E-state index contributed by atoms with van der Waals surface area (Å²) in [6.07, 6.45) is -0.309. The summed E-state index contributed by atoms with van der Waals surface area (Å²) in [5.41, 5.74) is 8.62. The summed E-state index contributed by atoms with van der Waals surface area (Å²) in [6, 6.07) is 40.1. The van der Waals surface area contributed by atoms with Gasteiger partial charge in [0, 0.05) is 62.3 Å². The molecule has 6 aromatic carbocycles. The smallest absolute Gasteiger partial charge is 0.408 e. The Hall–Kier alpha value is -12.6. The highest BCUT2D eigenvalue weighted by Crippen LogP contribution is 2.24. The Morgan fingerprint density at radius 3 is 1.45 bits per heavy atom. The second-order valence-corrected chi connectivity index (χ2v) is 29.3. The van der Waals surface area contributed by atoms with E-state index in [9.17, 15) is 67.4 Å². The minimum absolute atomic E-state index is 0.0301. The molecule has 1 heterocycles. The van der Waals surface area contributed by atoms with Crippen LogP contribution in [0.15, 0.2) is 176 Å². The van der Waals surface area contributed by atoms with Gasteiger partial charge in [0.15, 0.2) is 6.61 Å². The number of H-pyrrole nitrogens is 1. The number of aromatic amines is 1. The monoisotopic (exact) mass is 1570 g/mol. The lowest BCUT2D eigenvalue weighted by Gasteiger charge is -2.27. The molecule has 30 heteroatoms. The predicted molar refractivity (Wildman–Crippen MR) is 422 cm³/mol. The molecule has 7 aromatic rings. The molecule has 0 unspecified atom stereocenters. The summed E-state index contributed by atoms with van der Waals surface area (Å²) < 4.78 is 21.8. The maximum atomic E-state index is 14.7. The topological polar surface area (TPSA) is 441 Å². The summed E-state index contributed by atoms with van der Waals surface area (Å²) in [5, 5.41) is 37.4. The van der Waals surface area contributed by atoms with Crippen molar-refractivity contribution in [3.63, 3.8) is 0 Å². The van der Waals surface area contributed by atoms with Crippen LogP contribution in [0.1, 0.15) is 145 Å². The number of phenolic OH excluding ortho intramolecular Hbond substituents is 1. The Labute approximate surface area is 662 Å². The number of nitrogens with two attached hydrogens (primary N) is 1. The fraction of sp³-hybridized carbons (Fsp3) is 0.393. The number of aromatic hydroxyl groups is 1. The van der Waals surface area contributed by atoms with Crippen molar-refractivity contribution in [1.29, 1.82) is 0 Å². The first kappa shape index (κ1) is 88.6. The molecule has 7 rings (SSSR count). The number of rotatable bonds is 43. The summed E-state index contributed by atoms with van der Waals surface area (Å²) >= 11 is 0. The Morgan fingerprint density at radius 1 is 0.421 bits per heavy atom. The number of benzene rings is 6. The number of hydrogen-bond acceptors (Lipinski definition) is 18. The van der Waals surface area contributed by atoms with Crippen molar-refractivity contribution in [2.45, 2.75) is 185 Å². The lowest BCUT2D eigenvalue weighted by atomic mass is 9.99. The third-order valence-corrected chi connectivity index (χ3v) is 17.6. The van der Waals surface area contributed by atoms with E-state index in [0.717, 1.165) is 22.0 Å². The van der Waals surface area contributed by atoms with Crippen LogP contribution in [0.25, 0.3) is 10.9 Å². The van der Waals surface area contributed by atoms with E-state index in [1.807, 2.05) is 84.9 Å². The van der Waals surface area contributed by atoms with Crippen molar-refractivity contribution in [2.24, 2.45) is 5.73 Å². The van der Waals surface area contributed by atoms with Gasteiger partial charge < -0.3 is 87.9 Å². The van der Waals surface area contributed by atoms with E-state index in [-0.39, 0.29) is 102 Å². The van der Waals surface area contributed by atoms with Crippen LogP contribution in [0.3, 0.4) is 0 Å². The molecule has 14 N–H and O–H groups in total. The molecule has 0 radical (unpaired) electrons. The molecule has 608 valence electrons. The average molecular weight is 1570 g/mol. The highest BCUT2D eigenvalue weighted by Gasteiger charge is 2.35. The minimum atomic E-state index is -1.68. The van der Waals surface area contributed by atoms with Crippen LogP contribution in [0.5, 0.6) is 5.75 Å². The zero-order valence-corrected chi connectivity index (χ0v) is 65.0. The zero-order chi connectivity index (χ0) is 82.6. The number of carbonyl (C=O) groups excluding carboxylic acids is 13. The first-order valence-corrected chi connectivity index (χ1v) is 37.9. The van der Waals surface area contributed by atoms with E-state index in [2.05, 4.69) is 58.2 Å². The van der Waals surface area contributed by atoms with Crippen LogP contribution in [-0.4, -0.2) is 161 Å². The summed E-state index contributed by atoms with van der Waals surface area (Å²) in [4.78, 5) is 180. The van der Waals surface area contributed by atoms with Gasteiger partial charge >= 0.3 is 24.1 Å². The Kier molecular flexibility index (Phi) is 35.0. The van der Waals surface area contributed by atoms with Crippen LogP contribution in [-0.2, 0) is 97.6 Å². The highest BCUT2D eigenvalue weighted by atomic mass is 16.6.